The van der Waals surface area contributed by atoms with E-state index in [4.69, 9.17) is 14.6 Å². The summed E-state index contributed by atoms with van der Waals surface area (Å²) in [6.07, 6.45) is 4.01. The van der Waals surface area contributed by atoms with Crippen LogP contribution in [-0.4, -0.2) is 58.2 Å². The molecule has 3 aromatic rings. The second kappa shape index (κ2) is 10.0. The van der Waals surface area contributed by atoms with Crippen LogP contribution >= 0.6 is 27.7 Å². The minimum absolute atomic E-state index is 0.0920. The fourth-order valence-corrected chi connectivity index (χ4v) is 5.72. The topological polar surface area (TPSA) is 68.9 Å². The van der Waals surface area contributed by atoms with Crippen LogP contribution in [0.2, 0.25) is 0 Å². The zero-order chi connectivity index (χ0) is 24.5. The summed E-state index contributed by atoms with van der Waals surface area (Å²) in [4.78, 5) is 19.9. The van der Waals surface area contributed by atoms with Crippen molar-refractivity contribution in [3.05, 3.63) is 69.7 Å². The molecular formula is C26H25BrN4O3S. The van der Waals surface area contributed by atoms with Gasteiger partial charge in [0.25, 0.3) is 5.91 Å². The second-order valence-electron chi connectivity index (χ2n) is 8.53. The Bertz CT molecular complexity index is 1310. The van der Waals surface area contributed by atoms with Crippen molar-refractivity contribution < 1.29 is 14.3 Å². The van der Waals surface area contributed by atoms with E-state index in [0.717, 1.165) is 37.9 Å². The van der Waals surface area contributed by atoms with Gasteiger partial charge in [-0.2, -0.15) is 10.1 Å². The summed E-state index contributed by atoms with van der Waals surface area (Å²) >= 11 is 4.98. The molecule has 1 fully saturated rings. The predicted octanol–water partition coefficient (Wildman–Crippen LogP) is 5.39. The number of carbonyl (C=O) groups is 1. The molecule has 35 heavy (non-hydrogen) atoms. The molecule has 180 valence electrons. The van der Waals surface area contributed by atoms with Gasteiger partial charge in [-0.1, -0.05) is 18.2 Å². The highest BCUT2D eigenvalue weighted by Gasteiger charge is 2.31. The number of aliphatic imine (C=N–C) groups is 1. The first-order chi connectivity index (χ1) is 16.9. The predicted molar refractivity (Wildman–Crippen MR) is 143 cm³/mol. The van der Waals surface area contributed by atoms with Gasteiger partial charge in [0.1, 0.15) is 11.4 Å². The van der Waals surface area contributed by atoms with Crippen LogP contribution in [0.4, 0.5) is 0 Å². The lowest BCUT2D eigenvalue weighted by atomic mass is 10.1. The first-order valence-corrected chi connectivity index (χ1v) is 12.9. The molecule has 0 saturated carbocycles. The van der Waals surface area contributed by atoms with Crippen molar-refractivity contribution >= 4 is 44.8 Å². The number of benzene rings is 2. The number of thioether (sulfide) groups is 1. The second-order valence-corrected chi connectivity index (χ2v) is 10.4. The lowest BCUT2D eigenvalue weighted by Crippen LogP contribution is -2.47. The number of morpholine rings is 1. The number of ether oxygens (including phenoxy) is 2. The van der Waals surface area contributed by atoms with Gasteiger partial charge >= 0.3 is 0 Å². The quantitative estimate of drug-likeness (QED) is 0.404. The van der Waals surface area contributed by atoms with Crippen LogP contribution < -0.4 is 4.74 Å². The smallest absolute Gasteiger partial charge is 0.286 e. The molecule has 2 aliphatic heterocycles. The van der Waals surface area contributed by atoms with Gasteiger partial charge in [-0.25, -0.2) is 4.68 Å². The first-order valence-electron chi connectivity index (χ1n) is 11.3. The highest BCUT2D eigenvalue weighted by Crippen LogP contribution is 2.36. The molecule has 0 aliphatic carbocycles. The lowest BCUT2D eigenvalue weighted by Gasteiger charge is -2.35. The molecule has 2 aromatic carbocycles. The first kappa shape index (κ1) is 23.8. The average molecular weight is 553 g/mol. The Morgan fingerprint density at radius 3 is 2.57 bits per heavy atom. The largest absolute Gasteiger partial charge is 0.496 e. The maximum absolute atomic E-state index is 12.9. The molecule has 1 saturated heterocycles. The molecule has 0 bridgehead atoms. The zero-order valence-corrected chi connectivity index (χ0v) is 22.0. The van der Waals surface area contributed by atoms with Gasteiger partial charge in [0.2, 0.25) is 0 Å². The van der Waals surface area contributed by atoms with Crippen molar-refractivity contribution in [3.63, 3.8) is 0 Å². The van der Waals surface area contributed by atoms with Gasteiger partial charge in [0.15, 0.2) is 5.17 Å². The Kier molecular flexibility index (Phi) is 6.82. The number of para-hydroxylation sites is 1. The van der Waals surface area contributed by atoms with E-state index in [-0.39, 0.29) is 18.1 Å². The summed E-state index contributed by atoms with van der Waals surface area (Å²) in [6.45, 7) is 5.51. The molecule has 0 radical (unpaired) electrons. The van der Waals surface area contributed by atoms with Crippen LogP contribution in [0.15, 0.2) is 69.1 Å². The molecule has 3 heterocycles. The molecule has 1 amide bonds. The van der Waals surface area contributed by atoms with Gasteiger partial charge in [-0.05, 0) is 77.9 Å². The van der Waals surface area contributed by atoms with E-state index >= 15 is 0 Å². The van der Waals surface area contributed by atoms with Crippen LogP contribution in [0.25, 0.3) is 23.0 Å². The van der Waals surface area contributed by atoms with Gasteiger partial charge in [-0.15, -0.1) is 0 Å². The van der Waals surface area contributed by atoms with E-state index in [1.165, 1.54) is 11.8 Å². The Balaban J connectivity index is 1.51. The SMILES string of the molecule is COc1ccc(-c2nn(-c3ccccc3)cc2/C=C2\SC(N3C[C@@H](C)O[C@H](C)C3)=NC2=O)cc1Br. The third-order valence-corrected chi connectivity index (χ3v) is 7.44. The number of methoxy groups -OCH3 is 1. The van der Waals surface area contributed by atoms with E-state index in [1.807, 2.05) is 79.3 Å². The summed E-state index contributed by atoms with van der Waals surface area (Å²) in [6, 6.07) is 15.7. The Morgan fingerprint density at radius 1 is 1.14 bits per heavy atom. The molecular weight excluding hydrogens is 528 g/mol. The maximum atomic E-state index is 12.9. The van der Waals surface area contributed by atoms with Gasteiger partial charge in [-0.3, -0.25) is 4.79 Å². The summed E-state index contributed by atoms with van der Waals surface area (Å²) in [7, 11) is 1.64. The Labute approximate surface area is 217 Å². The van der Waals surface area contributed by atoms with Gasteiger partial charge in [0.05, 0.1) is 34.4 Å². The number of nitrogens with zero attached hydrogens (tertiary/aromatic N) is 4. The molecule has 7 nitrogen and oxygen atoms in total. The normalized spacial score (nSPS) is 21.5. The van der Waals surface area contributed by atoms with Crippen molar-refractivity contribution in [2.45, 2.75) is 26.1 Å². The van der Waals surface area contributed by atoms with Crippen LogP contribution in [-0.2, 0) is 9.53 Å². The molecule has 0 N–H and O–H groups in total. The molecule has 1 aromatic heterocycles. The number of carbonyl (C=O) groups excluding carboxylic acids is 1. The fraction of sp³-hybridized carbons (Fsp3) is 0.269. The third kappa shape index (κ3) is 5.07. The number of amides is 1. The molecule has 0 spiro atoms. The van der Waals surface area contributed by atoms with Crippen molar-refractivity contribution in [3.8, 4) is 22.7 Å². The van der Waals surface area contributed by atoms with E-state index < -0.39 is 0 Å². The fourth-order valence-electron chi connectivity index (χ4n) is 4.25. The van der Waals surface area contributed by atoms with E-state index in [1.54, 1.807) is 7.11 Å². The van der Waals surface area contributed by atoms with Crippen molar-refractivity contribution in [2.24, 2.45) is 4.99 Å². The van der Waals surface area contributed by atoms with E-state index in [2.05, 4.69) is 25.8 Å². The molecule has 2 atom stereocenters. The summed E-state index contributed by atoms with van der Waals surface area (Å²) < 4.78 is 13.9. The Hall–Kier alpha value is -2.88. The van der Waals surface area contributed by atoms with E-state index in [9.17, 15) is 4.79 Å². The summed E-state index contributed by atoms with van der Waals surface area (Å²) in [5.74, 6) is 0.510. The van der Waals surface area contributed by atoms with Crippen LogP contribution in [0.5, 0.6) is 5.75 Å². The number of hydrogen-bond acceptors (Lipinski definition) is 6. The summed E-state index contributed by atoms with van der Waals surface area (Å²) in [5, 5.41) is 5.60. The molecule has 9 heteroatoms. The van der Waals surface area contributed by atoms with Crippen molar-refractivity contribution in [2.75, 3.05) is 20.2 Å². The average Bonchev–Trinajstić information content (AvgIpc) is 3.43. The number of rotatable bonds is 4. The number of amidine groups is 1. The van der Waals surface area contributed by atoms with Gasteiger partial charge < -0.3 is 14.4 Å². The lowest BCUT2D eigenvalue weighted by molar-refractivity contribution is -0.113. The monoisotopic (exact) mass is 552 g/mol. The maximum Gasteiger partial charge on any atom is 0.286 e. The Morgan fingerprint density at radius 2 is 1.89 bits per heavy atom. The minimum atomic E-state index is -0.230. The van der Waals surface area contributed by atoms with Crippen LogP contribution in [0.3, 0.4) is 0 Å². The molecule has 2 aliphatic rings. The highest BCUT2D eigenvalue weighted by molar-refractivity contribution is 9.10. The van der Waals surface area contributed by atoms with Crippen LogP contribution in [0, 0.1) is 0 Å². The van der Waals surface area contributed by atoms with Crippen LogP contribution in [0.1, 0.15) is 19.4 Å². The summed E-state index contributed by atoms with van der Waals surface area (Å²) in [5.41, 5.74) is 3.44. The molecule has 0 unspecified atom stereocenters. The highest BCUT2D eigenvalue weighted by atomic mass is 79.9. The van der Waals surface area contributed by atoms with Crippen molar-refractivity contribution in [1.29, 1.82) is 0 Å². The van der Waals surface area contributed by atoms with E-state index in [0.29, 0.717) is 18.0 Å². The standard InChI is InChI=1S/C26H25BrN4O3S/c1-16-13-30(14-17(2)34-16)26-28-25(32)23(35-26)12-19-15-31(20-7-5-4-6-8-20)29-24(19)18-9-10-22(33-3)21(27)11-18/h4-12,15-17H,13-14H2,1-3H3/b23-12-/t16-,17-/m1/s1. The molecule has 5 rings (SSSR count). The number of hydrogen-bond donors (Lipinski definition) is 0. The number of aromatic nitrogens is 2. The minimum Gasteiger partial charge on any atom is -0.496 e. The van der Waals surface area contributed by atoms with Gasteiger partial charge in [0, 0.05) is 30.4 Å². The third-order valence-electron chi connectivity index (χ3n) is 5.77. The zero-order valence-electron chi connectivity index (χ0n) is 19.6. The number of halogens is 1. The van der Waals surface area contributed by atoms with Crippen molar-refractivity contribution in [1.82, 2.24) is 14.7 Å².